The molecule has 0 unspecified atom stereocenters. The summed E-state index contributed by atoms with van der Waals surface area (Å²) in [5, 5.41) is 0.575. The van der Waals surface area contributed by atoms with E-state index in [1.807, 2.05) is 24.3 Å². The fraction of sp³-hybridized carbons (Fsp3) is 0.286. The Kier molecular flexibility index (Phi) is 4.58. The number of benzene rings is 1. The van der Waals surface area contributed by atoms with E-state index in [0.29, 0.717) is 5.02 Å². The molecule has 0 bridgehead atoms. The molecule has 0 amide bonds. The first-order valence-electron chi connectivity index (χ1n) is 6.25. The molecule has 100 valence electrons. The standard InChI is InChI=1S/C14H17ClN4/c1-2-7-19(14-13(15)8-17-10-18-14)9-11-3-5-12(16)6-4-11/h3-6,8,10H,2,7,9,16H2,1H3. The zero-order chi connectivity index (χ0) is 13.7. The summed E-state index contributed by atoms with van der Waals surface area (Å²) in [4.78, 5) is 10.3. The van der Waals surface area contributed by atoms with E-state index in [4.69, 9.17) is 17.3 Å². The molecule has 0 radical (unpaired) electrons. The van der Waals surface area contributed by atoms with Crippen molar-refractivity contribution in [1.82, 2.24) is 9.97 Å². The fourth-order valence-electron chi connectivity index (χ4n) is 1.91. The molecule has 2 aromatic rings. The maximum Gasteiger partial charge on any atom is 0.151 e. The zero-order valence-electron chi connectivity index (χ0n) is 10.9. The van der Waals surface area contributed by atoms with Crippen LogP contribution in [0.2, 0.25) is 5.02 Å². The predicted octanol–water partition coefficient (Wildman–Crippen LogP) is 3.13. The summed E-state index contributed by atoms with van der Waals surface area (Å²) in [6.45, 7) is 3.77. The van der Waals surface area contributed by atoms with Crippen molar-refractivity contribution >= 4 is 23.1 Å². The van der Waals surface area contributed by atoms with Gasteiger partial charge in [0.15, 0.2) is 5.82 Å². The Morgan fingerprint density at radius 2 is 2.00 bits per heavy atom. The highest BCUT2D eigenvalue weighted by atomic mass is 35.5. The van der Waals surface area contributed by atoms with Gasteiger partial charge in [-0.2, -0.15) is 0 Å². The lowest BCUT2D eigenvalue weighted by molar-refractivity contribution is 0.753. The highest BCUT2D eigenvalue weighted by molar-refractivity contribution is 6.32. The quantitative estimate of drug-likeness (QED) is 0.853. The number of nitrogens with two attached hydrogens (primary N) is 1. The summed E-state index contributed by atoms with van der Waals surface area (Å²) in [5.41, 5.74) is 7.64. The van der Waals surface area contributed by atoms with Gasteiger partial charge in [0.05, 0.1) is 6.20 Å². The van der Waals surface area contributed by atoms with Crippen molar-refractivity contribution in [3.05, 3.63) is 47.4 Å². The summed E-state index contributed by atoms with van der Waals surface area (Å²) in [6.07, 6.45) is 4.16. The molecule has 0 aliphatic carbocycles. The second kappa shape index (κ2) is 6.38. The molecule has 1 aromatic carbocycles. The van der Waals surface area contributed by atoms with E-state index in [2.05, 4.69) is 21.8 Å². The van der Waals surface area contributed by atoms with E-state index in [1.54, 1.807) is 6.20 Å². The Hall–Kier alpha value is -1.81. The molecule has 0 saturated carbocycles. The SMILES string of the molecule is CCCN(Cc1ccc(N)cc1)c1ncncc1Cl. The topological polar surface area (TPSA) is 55.0 Å². The van der Waals surface area contributed by atoms with Crippen LogP contribution in [-0.4, -0.2) is 16.5 Å². The summed E-state index contributed by atoms with van der Waals surface area (Å²) in [7, 11) is 0. The van der Waals surface area contributed by atoms with Crippen molar-refractivity contribution in [2.45, 2.75) is 19.9 Å². The predicted molar refractivity (Wildman–Crippen MR) is 79.2 cm³/mol. The Morgan fingerprint density at radius 3 is 2.63 bits per heavy atom. The minimum absolute atomic E-state index is 0.575. The summed E-state index contributed by atoms with van der Waals surface area (Å²) < 4.78 is 0. The van der Waals surface area contributed by atoms with Gasteiger partial charge in [-0.3, -0.25) is 0 Å². The number of hydrogen-bond acceptors (Lipinski definition) is 4. The molecule has 2 rings (SSSR count). The molecule has 1 heterocycles. The van der Waals surface area contributed by atoms with Gasteiger partial charge in [-0.1, -0.05) is 30.7 Å². The van der Waals surface area contributed by atoms with Crippen LogP contribution in [0.15, 0.2) is 36.8 Å². The van der Waals surface area contributed by atoms with Crippen LogP contribution < -0.4 is 10.6 Å². The maximum absolute atomic E-state index is 6.16. The highest BCUT2D eigenvalue weighted by Gasteiger charge is 2.11. The summed E-state index contributed by atoms with van der Waals surface area (Å²) in [5.74, 6) is 0.773. The molecule has 4 nitrogen and oxygen atoms in total. The van der Waals surface area contributed by atoms with Crippen molar-refractivity contribution in [3.63, 3.8) is 0 Å². The lowest BCUT2D eigenvalue weighted by atomic mass is 10.2. The van der Waals surface area contributed by atoms with E-state index in [-0.39, 0.29) is 0 Å². The number of halogens is 1. The third-order valence-electron chi connectivity index (χ3n) is 2.79. The van der Waals surface area contributed by atoms with Gasteiger partial charge in [0.1, 0.15) is 11.3 Å². The van der Waals surface area contributed by atoms with Crippen LogP contribution >= 0.6 is 11.6 Å². The molecule has 0 aliphatic rings. The third-order valence-corrected chi connectivity index (χ3v) is 3.06. The Bertz CT molecular complexity index is 527. The van der Waals surface area contributed by atoms with Gasteiger partial charge in [-0.25, -0.2) is 9.97 Å². The van der Waals surface area contributed by atoms with E-state index in [1.165, 1.54) is 11.9 Å². The zero-order valence-corrected chi connectivity index (χ0v) is 11.6. The lowest BCUT2D eigenvalue weighted by Crippen LogP contribution is -2.24. The van der Waals surface area contributed by atoms with Gasteiger partial charge in [0.25, 0.3) is 0 Å². The van der Waals surface area contributed by atoms with Crippen LogP contribution in [0.3, 0.4) is 0 Å². The molecular weight excluding hydrogens is 260 g/mol. The molecular formula is C14H17ClN4. The van der Waals surface area contributed by atoms with Crippen LogP contribution in [0.4, 0.5) is 11.5 Å². The van der Waals surface area contributed by atoms with Crippen LogP contribution in [0.1, 0.15) is 18.9 Å². The Balaban J connectivity index is 2.21. The van der Waals surface area contributed by atoms with Crippen LogP contribution in [-0.2, 0) is 6.54 Å². The molecule has 0 aliphatic heterocycles. The average Bonchev–Trinajstić information content (AvgIpc) is 2.41. The first kappa shape index (κ1) is 13.6. The van der Waals surface area contributed by atoms with E-state index < -0.39 is 0 Å². The Morgan fingerprint density at radius 1 is 1.26 bits per heavy atom. The molecule has 1 aromatic heterocycles. The normalized spacial score (nSPS) is 10.4. The van der Waals surface area contributed by atoms with Crippen LogP contribution in [0.5, 0.6) is 0 Å². The first-order chi connectivity index (χ1) is 9.20. The second-order valence-electron chi connectivity index (χ2n) is 4.36. The molecule has 2 N–H and O–H groups in total. The van der Waals surface area contributed by atoms with Crippen molar-refractivity contribution in [3.8, 4) is 0 Å². The molecule has 0 spiro atoms. The molecule has 0 fully saturated rings. The average molecular weight is 277 g/mol. The van der Waals surface area contributed by atoms with Crippen molar-refractivity contribution < 1.29 is 0 Å². The highest BCUT2D eigenvalue weighted by Crippen LogP contribution is 2.23. The monoisotopic (exact) mass is 276 g/mol. The smallest absolute Gasteiger partial charge is 0.151 e. The van der Waals surface area contributed by atoms with E-state index >= 15 is 0 Å². The summed E-state index contributed by atoms with van der Waals surface area (Å²) >= 11 is 6.16. The number of hydrogen-bond donors (Lipinski definition) is 1. The number of rotatable bonds is 5. The van der Waals surface area contributed by atoms with E-state index in [9.17, 15) is 0 Å². The van der Waals surface area contributed by atoms with Gasteiger partial charge in [-0.05, 0) is 24.1 Å². The Labute approximate surface area is 118 Å². The van der Waals surface area contributed by atoms with Crippen molar-refractivity contribution in [1.29, 1.82) is 0 Å². The molecule has 5 heteroatoms. The maximum atomic E-state index is 6.16. The number of anilines is 2. The second-order valence-corrected chi connectivity index (χ2v) is 4.76. The fourth-order valence-corrected chi connectivity index (χ4v) is 2.14. The van der Waals surface area contributed by atoms with Gasteiger partial charge in [0.2, 0.25) is 0 Å². The van der Waals surface area contributed by atoms with Crippen molar-refractivity contribution in [2.75, 3.05) is 17.2 Å². The largest absolute Gasteiger partial charge is 0.399 e. The minimum Gasteiger partial charge on any atom is -0.399 e. The molecule has 0 saturated heterocycles. The van der Waals surface area contributed by atoms with Gasteiger partial charge in [0, 0.05) is 18.8 Å². The van der Waals surface area contributed by atoms with Crippen molar-refractivity contribution in [2.24, 2.45) is 0 Å². The van der Waals surface area contributed by atoms with Gasteiger partial charge < -0.3 is 10.6 Å². The lowest BCUT2D eigenvalue weighted by Gasteiger charge is -2.24. The number of nitrogen functional groups attached to an aromatic ring is 1. The van der Waals surface area contributed by atoms with Gasteiger partial charge >= 0.3 is 0 Å². The number of aromatic nitrogens is 2. The summed E-state index contributed by atoms with van der Waals surface area (Å²) in [6, 6.07) is 7.85. The molecule has 19 heavy (non-hydrogen) atoms. The molecule has 0 atom stereocenters. The minimum atomic E-state index is 0.575. The van der Waals surface area contributed by atoms with E-state index in [0.717, 1.165) is 31.0 Å². The third kappa shape index (κ3) is 3.58. The van der Waals surface area contributed by atoms with Crippen LogP contribution in [0.25, 0.3) is 0 Å². The first-order valence-corrected chi connectivity index (χ1v) is 6.63. The van der Waals surface area contributed by atoms with Gasteiger partial charge in [-0.15, -0.1) is 0 Å². The number of nitrogens with zero attached hydrogens (tertiary/aromatic N) is 3. The van der Waals surface area contributed by atoms with Crippen LogP contribution in [0, 0.1) is 0 Å².